The lowest BCUT2D eigenvalue weighted by Gasteiger charge is -2.26. The van der Waals surface area contributed by atoms with E-state index in [1.54, 1.807) is 45.2 Å². The molecule has 0 radical (unpaired) electrons. The van der Waals surface area contributed by atoms with E-state index in [0.717, 1.165) is 9.82 Å². The highest BCUT2D eigenvalue weighted by Crippen LogP contribution is 2.31. The molecule has 3 aromatic heterocycles. The van der Waals surface area contributed by atoms with Crippen LogP contribution in [0.15, 0.2) is 78.3 Å². The zero-order valence-corrected chi connectivity index (χ0v) is 24.9. The fourth-order valence-electron chi connectivity index (χ4n) is 4.31. The van der Waals surface area contributed by atoms with Gasteiger partial charge in [0, 0.05) is 47.1 Å². The number of ether oxygens (including phenoxy) is 1. The number of hydrogen-bond donors (Lipinski definition) is 0. The van der Waals surface area contributed by atoms with Gasteiger partial charge in [-0.3, -0.25) is 9.10 Å². The van der Waals surface area contributed by atoms with E-state index < -0.39 is 28.1 Å². The molecule has 0 N–H and O–H groups in total. The highest BCUT2D eigenvalue weighted by Gasteiger charge is 2.30. The van der Waals surface area contributed by atoms with Crippen molar-refractivity contribution in [1.29, 1.82) is 0 Å². The molecule has 0 unspecified atom stereocenters. The molecule has 0 aliphatic carbocycles. The van der Waals surface area contributed by atoms with Gasteiger partial charge in [0.15, 0.2) is 5.82 Å². The standard InChI is InChI=1S/C28H26Cl2N6O4S/c1-28(2,3)40-26(37)16-36(41(38,39)22-13-19(29)12-20(30)14-22)21-5-6-24-18(11-21)7-9-35(24)25-15-23(32-17-33-25)27-31-8-10-34(27)4/h5-15,17H,16H2,1-4H3. The minimum absolute atomic E-state index is 0.149. The average Bonchev–Trinajstić information content (AvgIpc) is 3.51. The molecule has 0 saturated heterocycles. The van der Waals surface area contributed by atoms with Gasteiger partial charge in [0.25, 0.3) is 10.0 Å². The second-order valence-electron chi connectivity index (χ2n) is 10.3. The number of rotatable bonds is 7. The molecule has 0 atom stereocenters. The number of benzene rings is 2. The van der Waals surface area contributed by atoms with Gasteiger partial charge >= 0.3 is 5.97 Å². The zero-order valence-electron chi connectivity index (χ0n) is 22.6. The quantitative estimate of drug-likeness (QED) is 0.218. The van der Waals surface area contributed by atoms with Gasteiger partial charge < -0.3 is 13.9 Å². The molecule has 13 heteroatoms. The fourth-order valence-corrected chi connectivity index (χ4v) is 6.44. The van der Waals surface area contributed by atoms with Gasteiger partial charge in [-0.15, -0.1) is 0 Å². The van der Waals surface area contributed by atoms with Crippen molar-refractivity contribution in [2.75, 3.05) is 10.8 Å². The molecule has 41 heavy (non-hydrogen) atoms. The molecule has 0 amide bonds. The fraction of sp³-hybridized carbons (Fsp3) is 0.214. The monoisotopic (exact) mass is 612 g/mol. The smallest absolute Gasteiger partial charge is 0.327 e. The van der Waals surface area contributed by atoms with Crippen LogP contribution in [0.2, 0.25) is 10.0 Å². The maximum Gasteiger partial charge on any atom is 0.327 e. The van der Waals surface area contributed by atoms with Crippen LogP contribution in [0.5, 0.6) is 0 Å². The van der Waals surface area contributed by atoms with Gasteiger partial charge in [0.1, 0.15) is 30.0 Å². The Morgan fingerprint density at radius 2 is 1.71 bits per heavy atom. The van der Waals surface area contributed by atoms with Crippen molar-refractivity contribution in [2.24, 2.45) is 7.05 Å². The average molecular weight is 614 g/mol. The van der Waals surface area contributed by atoms with Gasteiger partial charge in [0.05, 0.1) is 16.1 Å². The summed E-state index contributed by atoms with van der Waals surface area (Å²) in [7, 11) is -2.39. The van der Waals surface area contributed by atoms with Crippen LogP contribution in [0.25, 0.3) is 28.2 Å². The number of imidazole rings is 1. The lowest BCUT2D eigenvalue weighted by molar-refractivity contribution is -0.152. The minimum atomic E-state index is -4.27. The van der Waals surface area contributed by atoms with Gasteiger partial charge in [0.2, 0.25) is 0 Å². The highest BCUT2D eigenvalue weighted by atomic mass is 35.5. The summed E-state index contributed by atoms with van der Waals surface area (Å²) >= 11 is 12.2. The minimum Gasteiger partial charge on any atom is -0.459 e. The molecule has 5 aromatic rings. The number of carbonyl (C=O) groups excluding carboxylic acids is 1. The predicted molar refractivity (Wildman–Crippen MR) is 158 cm³/mol. The van der Waals surface area contributed by atoms with E-state index in [0.29, 0.717) is 22.7 Å². The molecule has 2 aromatic carbocycles. The number of aromatic nitrogens is 5. The number of sulfonamides is 1. The molecular formula is C28H26Cl2N6O4S. The number of aryl methyl sites for hydroxylation is 1. The van der Waals surface area contributed by atoms with Crippen molar-refractivity contribution in [3.05, 3.63) is 83.5 Å². The molecule has 0 spiro atoms. The molecule has 212 valence electrons. The molecule has 0 aliphatic heterocycles. The summed E-state index contributed by atoms with van der Waals surface area (Å²) in [5, 5.41) is 1.01. The van der Waals surface area contributed by atoms with Gasteiger partial charge in [-0.2, -0.15) is 0 Å². The van der Waals surface area contributed by atoms with Gasteiger partial charge in [-0.25, -0.2) is 23.4 Å². The third-order valence-corrected chi connectivity index (χ3v) is 8.22. The van der Waals surface area contributed by atoms with E-state index in [9.17, 15) is 13.2 Å². The summed E-state index contributed by atoms with van der Waals surface area (Å²) in [4.78, 5) is 25.8. The van der Waals surface area contributed by atoms with E-state index in [1.807, 2.05) is 40.7 Å². The van der Waals surface area contributed by atoms with Crippen LogP contribution < -0.4 is 4.31 Å². The molecule has 0 aliphatic rings. The van der Waals surface area contributed by atoms with Crippen molar-refractivity contribution in [1.82, 2.24) is 24.1 Å². The first-order valence-corrected chi connectivity index (χ1v) is 14.6. The zero-order chi connectivity index (χ0) is 29.5. The summed E-state index contributed by atoms with van der Waals surface area (Å²) < 4.78 is 37.9. The van der Waals surface area contributed by atoms with Crippen LogP contribution in [-0.2, 0) is 26.6 Å². The van der Waals surface area contributed by atoms with Crippen LogP contribution in [0.1, 0.15) is 20.8 Å². The number of hydrogen-bond acceptors (Lipinski definition) is 7. The number of nitrogens with zero attached hydrogens (tertiary/aromatic N) is 6. The van der Waals surface area contributed by atoms with E-state index in [1.165, 1.54) is 24.5 Å². The van der Waals surface area contributed by atoms with E-state index >= 15 is 0 Å². The van der Waals surface area contributed by atoms with Crippen molar-refractivity contribution in [3.63, 3.8) is 0 Å². The lowest BCUT2D eigenvalue weighted by atomic mass is 10.2. The molecular weight excluding hydrogens is 587 g/mol. The highest BCUT2D eigenvalue weighted by molar-refractivity contribution is 7.92. The molecule has 0 fully saturated rings. The van der Waals surface area contributed by atoms with Crippen molar-refractivity contribution < 1.29 is 17.9 Å². The van der Waals surface area contributed by atoms with Crippen molar-refractivity contribution in [3.8, 4) is 17.3 Å². The Balaban J connectivity index is 1.57. The third kappa shape index (κ3) is 6.07. The SMILES string of the molecule is Cn1ccnc1-c1cc(-n2ccc3cc(N(CC(=O)OC(C)(C)C)S(=O)(=O)c4cc(Cl)cc(Cl)c4)ccc32)ncn1. The Morgan fingerprint density at radius 3 is 2.37 bits per heavy atom. The molecule has 0 saturated carbocycles. The summed E-state index contributed by atoms with van der Waals surface area (Å²) in [6.07, 6.45) is 6.81. The first-order valence-electron chi connectivity index (χ1n) is 12.4. The third-order valence-electron chi connectivity index (χ3n) is 6.03. The van der Waals surface area contributed by atoms with Crippen LogP contribution in [0.4, 0.5) is 5.69 Å². The first-order chi connectivity index (χ1) is 19.3. The summed E-state index contributed by atoms with van der Waals surface area (Å²) in [6.45, 7) is 4.57. The van der Waals surface area contributed by atoms with Crippen LogP contribution in [0, 0.1) is 0 Å². The predicted octanol–water partition coefficient (Wildman–Crippen LogP) is 5.66. The summed E-state index contributed by atoms with van der Waals surface area (Å²) in [6, 6.07) is 12.7. The van der Waals surface area contributed by atoms with E-state index in [2.05, 4.69) is 15.0 Å². The maximum absolute atomic E-state index is 13.8. The Bertz CT molecular complexity index is 1860. The van der Waals surface area contributed by atoms with Crippen LogP contribution in [0.3, 0.4) is 0 Å². The summed E-state index contributed by atoms with van der Waals surface area (Å²) in [5.74, 6) is 0.582. The number of fused-ring (bicyclic) bond motifs is 1. The van der Waals surface area contributed by atoms with Crippen LogP contribution in [-0.4, -0.2) is 50.6 Å². The second kappa shape index (κ2) is 10.8. The van der Waals surface area contributed by atoms with Crippen molar-refractivity contribution in [2.45, 2.75) is 31.3 Å². The van der Waals surface area contributed by atoms with Gasteiger partial charge in [-0.1, -0.05) is 23.2 Å². The largest absolute Gasteiger partial charge is 0.459 e. The van der Waals surface area contributed by atoms with Crippen molar-refractivity contribution >= 4 is 55.8 Å². The molecule has 5 rings (SSSR count). The maximum atomic E-state index is 13.8. The second-order valence-corrected chi connectivity index (χ2v) is 13.0. The Labute approximate surface area is 247 Å². The number of halogens is 2. The number of carbonyl (C=O) groups is 1. The number of anilines is 1. The Kier molecular flexibility index (Phi) is 7.54. The molecule has 0 bridgehead atoms. The molecule has 3 heterocycles. The Hall–Kier alpha value is -3.93. The topological polar surface area (TPSA) is 112 Å². The summed E-state index contributed by atoms with van der Waals surface area (Å²) in [5.41, 5.74) is 0.862. The molecule has 10 nitrogen and oxygen atoms in total. The number of esters is 1. The van der Waals surface area contributed by atoms with E-state index in [-0.39, 0.29) is 20.6 Å². The first kappa shape index (κ1) is 28.6. The van der Waals surface area contributed by atoms with Crippen LogP contribution >= 0.6 is 23.2 Å². The van der Waals surface area contributed by atoms with Gasteiger partial charge in [-0.05, 0) is 63.2 Å². The normalized spacial score (nSPS) is 12.0. The lowest BCUT2D eigenvalue weighted by Crippen LogP contribution is -2.39. The van der Waals surface area contributed by atoms with E-state index in [4.69, 9.17) is 27.9 Å². The Morgan fingerprint density at radius 1 is 0.976 bits per heavy atom.